The van der Waals surface area contributed by atoms with Gasteiger partial charge in [0.1, 0.15) is 0 Å². The Morgan fingerprint density at radius 1 is 0.263 bits per heavy atom. The summed E-state index contributed by atoms with van der Waals surface area (Å²) in [5.41, 5.74) is 19.6. The lowest BCUT2D eigenvalue weighted by Gasteiger charge is -2.10. The van der Waals surface area contributed by atoms with Crippen LogP contribution in [0.15, 0.2) is 146 Å². The number of nitrogens with zero attached hydrogens (tertiary/aromatic N) is 2. The molecule has 3 aromatic heterocycles. The summed E-state index contributed by atoms with van der Waals surface area (Å²) in [4.78, 5) is 21.3. The van der Waals surface area contributed by atoms with Crippen LogP contribution in [0.5, 0.6) is 0 Å². The van der Waals surface area contributed by atoms with Crippen molar-refractivity contribution in [1.82, 2.24) is 19.9 Å². The van der Waals surface area contributed by atoms with E-state index >= 15 is 0 Å². The fraction of sp³-hybridized carbons (Fsp3) is 0.316. The van der Waals surface area contributed by atoms with Crippen LogP contribution in [-0.4, -0.2) is 19.9 Å². The second-order valence-electron chi connectivity index (χ2n) is 23.5. The summed E-state index contributed by atoms with van der Waals surface area (Å²) in [6.45, 7) is 9.32. The van der Waals surface area contributed by atoms with Gasteiger partial charge in [0.05, 0.1) is 44.8 Å². The third-order valence-corrected chi connectivity index (χ3v) is 18.1. The molecule has 0 radical (unpaired) electrons. The van der Waals surface area contributed by atoms with Gasteiger partial charge in [-0.25, -0.2) is 9.97 Å². The van der Waals surface area contributed by atoms with Crippen molar-refractivity contribution in [2.75, 3.05) is 0 Å². The molecule has 2 N–H and O–H groups in total. The monoisotopic (exact) mass is 1050 g/mol. The Labute approximate surface area is 473 Å². The van der Waals surface area contributed by atoms with E-state index in [0.29, 0.717) is 0 Å². The number of aryl methyl sites for hydroxylation is 4. The minimum absolute atomic E-state index is 0.920. The Hall–Kier alpha value is -7.56. The minimum Gasteiger partial charge on any atom is -0.354 e. The average molecular weight is 1050 g/mol. The van der Waals surface area contributed by atoms with Crippen LogP contribution in [0.3, 0.4) is 0 Å². The van der Waals surface area contributed by atoms with Crippen molar-refractivity contribution in [1.29, 1.82) is 0 Å². The topological polar surface area (TPSA) is 57.4 Å². The lowest BCUT2D eigenvalue weighted by molar-refractivity contribution is 0.667. The molecule has 0 unspecified atom stereocenters. The molecule has 402 valence electrons. The highest BCUT2D eigenvalue weighted by molar-refractivity contribution is 6.18. The molecule has 0 spiro atoms. The van der Waals surface area contributed by atoms with Crippen molar-refractivity contribution < 1.29 is 0 Å². The molecule has 0 saturated heterocycles. The molecule has 2 aliphatic rings. The maximum Gasteiger partial charge on any atom is 0.0769 e. The second kappa shape index (κ2) is 22.9. The van der Waals surface area contributed by atoms with Gasteiger partial charge in [0.2, 0.25) is 0 Å². The highest BCUT2D eigenvalue weighted by Gasteiger charge is 2.29. The fourth-order valence-electron chi connectivity index (χ4n) is 13.8. The van der Waals surface area contributed by atoms with Gasteiger partial charge >= 0.3 is 0 Å². The van der Waals surface area contributed by atoms with Gasteiger partial charge in [-0.05, 0) is 143 Å². The quantitative estimate of drug-likeness (QED) is 0.0748. The molecule has 0 atom stereocenters. The summed E-state index contributed by atoms with van der Waals surface area (Å²) in [6.07, 6.45) is 22.4. The zero-order valence-electron chi connectivity index (χ0n) is 47.9. The molecule has 4 heteroatoms. The third kappa shape index (κ3) is 9.57. The van der Waals surface area contributed by atoms with E-state index < -0.39 is 0 Å². The van der Waals surface area contributed by atoms with Crippen LogP contribution in [0.2, 0.25) is 0 Å². The Morgan fingerprint density at radius 2 is 0.475 bits per heavy atom. The first-order chi connectivity index (χ1) is 39.5. The Kier molecular flexibility index (Phi) is 14.8. The summed E-state index contributed by atoms with van der Waals surface area (Å²) in [5.74, 6) is 0. The van der Waals surface area contributed by atoms with E-state index in [-0.39, 0.29) is 0 Å². The first kappa shape index (κ1) is 51.9. The number of aromatic amines is 2. The van der Waals surface area contributed by atoms with Crippen molar-refractivity contribution in [3.05, 3.63) is 168 Å². The van der Waals surface area contributed by atoms with Crippen LogP contribution in [0.4, 0.5) is 0 Å². The number of rotatable bonds is 20. The largest absolute Gasteiger partial charge is 0.354 e. The second-order valence-corrected chi connectivity index (χ2v) is 23.5. The van der Waals surface area contributed by atoms with Crippen molar-refractivity contribution >= 4 is 86.7 Å². The predicted molar refractivity (Wildman–Crippen MR) is 346 cm³/mol. The normalized spacial score (nSPS) is 12.2. The summed E-state index contributed by atoms with van der Waals surface area (Å²) in [5, 5.41) is 15.2. The molecule has 0 fully saturated rings. The van der Waals surface area contributed by atoms with E-state index in [1.807, 2.05) is 0 Å². The van der Waals surface area contributed by atoms with E-state index in [0.717, 1.165) is 74.1 Å². The van der Waals surface area contributed by atoms with Crippen LogP contribution in [0.25, 0.3) is 132 Å². The number of benzene rings is 8. The Bertz CT molecular complexity index is 3780. The smallest absolute Gasteiger partial charge is 0.0769 e. The van der Waals surface area contributed by atoms with Crippen LogP contribution >= 0.6 is 0 Å². The summed E-state index contributed by atoms with van der Waals surface area (Å²) in [7, 11) is 0. The number of hydrogen-bond donors (Lipinski definition) is 2. The molecular weight excluding hydrogens is 969 g/mol. The highest BCUT2D eigenvalue weighted by Crippen LogP contribution is 2.49. The zero-order valence-corrected chi connectivity index (χ0v) is 47.9. The fourth-order valence-corrected chi connectivity index (χ4v) is 13.8. The van der Waals surface area contributed by atoms with Gasteiger partial charge < -0.3 is 9.97 Å². The van der Waals surface area contributed by atoms with Crippen molar-refractivity contribution in [2.24, 2.45) is 0 Å². The van der Waals surface area contributed by atoms with Gasteiger partial charge in [-0.15, -0.1) is 0 Å². The van der Waals surface area contributed by atoms with E-state index in [1.54, 1.807) is 0 Å². The Balaban J connectivity index is 1.30. The minimum atomic E-state index is 0.920. The molecule has 0 aliphatic carbocycles. The van der Waals surface area contributed by atoms with E-state index in [4.69, 9.17) is 9.97 Å². The van der Waals surface area contributed by atoms with Gasteiger partial charge in [0.25, 0.3) is 0 Å². The van der Waals surface area contributed by atoms with Gasteiger partial charge in [-0.2, -0.15) is 0 Å². The SMILES string of the molecule is CCCCCCc1c2nc(c(CCCCCC)c3[nH]c(c(CCCCCC)c4nc(c(CCCCCC)c5[nH]c1c1cc6ccccc6cc51)-c1cc5ccccc5cc1-4)c1cc4ccccc4cc31)-c1cc3ccccc3cc1-2. The number of H-pyrrole nitrogens is 2. The lowest BCUT2D eigenvalue weighted by atomic mass is 9.92. The van der Waals surface area contributed by atoms with Crippen LogP contribution in [0, 0.1) is 0 Å². The van der Waals surface area contributed by atoms with Gasteiger partial charge in [0.15, 0.2) is 0 Å². The molecule has 8 bridgehead atoms. The van der Waals surface area contributed by atoms with Crippen LogP contribution < -0.4 is 0 Å². The number of unbranched alkanes of at least 4 members (excludes halogenated alkanes) is 12. The van der Waals surface area contributed by atoms with Crippen molar-refractivity contribution in [2.45, 2.75) is 156 Å². The number of aromatic nitrogens is 4. The lowest BCUT2D eigenvalue weighted by Crippen LogP contribution is -1.94. The van der Waals surface area contributed by atoms with E-state index in [9.17, 15) is 0 Å². The molecule has 2 aliphatic heterocycles. The average Bonchev–Trinajstić information content (AvgIpc) is 4.27. The molecular formula is C76H78N4. The highest BCUT2D eigenvalue weighted by atomic mass is 14.8. The number of nitrogens with one attached hydrogen (secondary N) is 2. The van der Waals surface area contributed by atoms with Gasteiger partial charge in [-0.1, -0.05) is 202 Å². The van der Waals surface area contributed by atoms with Crippen molar-refractivity contribution in [3.8, 4) is 45.0 Å². The van der Waals surface area contributed by atoms with E-state index in [2.05, 4.69) is 183 Å². The van der Waals surface area contributed by atoms with Crippen LogP contribution in [-0.2, 0) is 25.7 Å². The van der Waals surface area contributed by atoms with E-state index in [1.165, 1.54) is 208 Å². The first-order valence-electron chi connectivity index (χ1n) is 31.1. The predicted octanol–water partition coefficient (Wildman–Crippen LogP) is 22.4. The molecule has 0 saturated carbocycles. The van der Waals surface area contributed by atoms with Gasteiger partial charge in [0, 0.05) is 66.1 Å². The third-order valence-electron chi connectivity index (χ3n) is 18.1. The standard InChI is InChI=1S/C76H78N4/c1-5-9-13-17-37-57-69-61-41-49-29-21-23-31-51(49)43-63(61)71(77-69)58(38-18-14-10-6-2)73-65-45-53-33-25-27-35-55(53)47-67(65)75(79-73)60(40-20-16-12-8-4)76-68-48-56-36-28-26-34-54(56)46-66(68)74(80-76)59(39-19-15-11-7-3)72-64-44-52-32-24-22-30-50(52)42-62(64)70(57)78-72/h21-36,41-48,77,80H,5-20,37-40H2,1-4H3. The summed E-state index contributed by atoms with van der Waals surface area (Å²) >= 11 is 0. The first-order valence-corrected chi connectivity index (χ1v) is 31.1. The molecule has 8 aromatic carbocycles. The molecule has 13 rings (SSSR count). The summed E-state index contributed by atoms with van der Waals surface area (Å²) < 4.78 is 0. The molecule has 80 heavy (non-hydrogen) atoms. The molecule has 0 amide bonds. The zero-order chi connectivity index (χ0) is 54.1. The van der Waals surface area contributed by atoms with Crippen molar-refractivity contribution in [3.63, 3.8) is 0 Å². The molecule has 4 nitrogen and oxygen atoms in total. The molecule has 5 heterocycles. The number of fused-ring (bicyclic) bond motifs is 24. The molecule has 11 aromatic rings. The summed E-state index contributed by atoms with van der Waals surface area (Å²) in [6, 6.07) is 55.9. The number of hydrogen-bond acceptors (Lipinski definition) is 2. The maximum absolute atomic E-state index is 6.23. The maximum atomic E-state index is 6.23. The van der Waals surface area contributed by atoms with Gasteiger partial charge in [-0.3, -0.25) is 0 Å². The Morgan fingerprint density at radius 3 is 0.688 bits per heavy atom. The van der Waals surface area contributed by atoms with Crippen LogP contribution in [0.1, 0.15) is 153 Å².